The number of hydrogen-bond donors (Lipinski definition) is 0. The van der Waals surface area contributed by atoms with Crippen LogP contribution in [-0.2, 0) is 13.0 Å². The smallest absolute Gasteiger partial charge is 0.258 e. The van der Waals surface area contributed by atoms with E-state index >= 15 is 0 Å². The molecule has 0 aliphatic carbocycles. The normalized spacial score (nSPS) is 11.5. The lowest BCUT2D eigenvalue weighted by molar-refractivity contribution is -0.384. The predicted molar refractivity (Wildman–Crippen MR) is 96.9 cm³/mol. The lowest BCUT2D eigenvalue weighted by Gasteiger charge is -2.01. The first-order valence-electron chi connectivity index (χ1n) is 8.18. The number of rotatable bonds is 7. The van der Waals surface area contributed by atoms with Crippen LogP contribution in [0.1, 0.15) is 23.2 Å². The number of aromatic nitrogens is 3. The Morgan fingerprint density at radius 1 is 1.15 bits per heavy atom. The first-order chi connectivity index (χ1) is 12.6. The fraction of sp³-hybridized carbons (Fsp3) is 0.158. The predicted octanol–water partition coefficient (Wildman–Crippen LogP) is 4.29. The highest BCUT2D eigenvalue weighted by molar-refractivity contribution is 5.75. The number of nitro groups is 1. The number of hydrogen-bond acceptors (Lipinski definition) is 4. The van der Waals surface area contributed by atoms with E-state index in [0.717, 1.165) is 12.8 Å². The van der Waals surface area contributed by atoms with Crippen molar-refractivity contribution in [3.63, 3.8) is 0 Å². The van der Waals surface area contributed by atoms with E-state index < -0.39 is 10.8 Å². The molecule has 1 aromatic heterocycles. The van der Waals surface area contributed by atoms with Gasteiger partial charge in [-0.15, -0.1) is 5.10 Å². The Morgan fingerprint density at radius 2 is 1.88 bits per heavy atom. The van der Waals surface area contributed by atoms with Crippen molar-refractivity contribution in [2.75, 3.05) is 0 Å². The summed E-state index contributed by atoms with van der Waals surface area (Å²) in [5, 5.41) is 18.4. The van der Waals surface area contributed by atoms with E-state index in [1.54, 1.807) is 10.9 Å². The van der Waals surface area contributed by atoms with Crippen LogP contribution in [0.5, 0.6) is 0 Å². The van der Waals surface area contributed by atoms with Crippen LogP contribution in [0.4, 0.5) is 10.1 Å². The van der Waals surface area contributed by atoms with Gasteiger partial charge in [0.1, 0.15) is 5.69 Å². The van der Waals surface area contributed by atoms with Gasteiger partial charge >= 0.3 is 0 Å². The molecule has 0 saturated heterocycles. The molecule has 0 spiro atoms. The minimum absolute atomic E-state index is 0.0353. The molecular weight excluding hydrogens is 335 g/mol. The van der Waals surface area contributed by atoms with Crippen molar-refractivity contribution in [2.24, 2.45) is 0 Å². The minimum Gasteiger partial charge on any atom is -0.258 e. The molecule has 0 fully saturated rings. The maximum atomic E-state index is 14.3. The van der Waals surface area contributed by atoms with Gasteiger partial charge in [0.25, 0.3) is 5.69 Å². The zero-order chi connectivity index (χ0) is 18.4. The fourth-order valence-corrected chi connectivity index (χ4v) is 2.52. The third-order valence-corrected chi connectivity index (χ3v) is 3.88. The maximum Gasteiger partial charge on any atom is 0.269 e. The second-order valence-corrected chi connectivity index (χ2v) is 5.80. The van der Waals surface area contributed by atoms with Gasteiger partial charge < -0.3 is 0 Å². The van der Waals surface area contributed by atoms with E-state index in [1.807, 2.05) is 18.2 Å². The second-order valence-electron chi connectivity index (χ2n) is 5.80. The van der Waals surface area contributed by atoms with Gasteiger partial charge in [-0.2, -0.15) is 0 Å². The highest BCUT2D eigenvalue weighted by atomic mass is 19.1. The van der Waals surface area contributed by atoms with Crippen molar-refractivity contribution in [1.29, 1.82) is 0 Å². The van der Waals surface area contributed by atoms with Crippen molar-refractivity contribution in [3.05, 3.63) is 87.7 Å². The van der Waals surface area contributed by atoms with Gasteiger partial charge in [0.2, 0.25) is 0 Å². The van der Waals surface area contributed by atoms with E-state index in [1.165, 1.54) is 35.9 Å². The number of nitro benzene ring substituents is 1. The topological polar surface area (TPSA) is 73.8 Å². The third kappa shape index (κ3) is 4.60. The third-order valence-electron chi connectivity index (χ3n) is 3.88. The van der Waals surface area contributed by atoms with E-state index in [9.17, 15) is 14.5 Å². The molecule has 0 N–H and O–H groups in total. The largest absolute Gasteiger partial charge is 0.269 e. The molecule has 0 bridgehead atoms. The van der Waals surface area contributed by atoms with Crippen LogP contribution in [0.3, 0.4) is 0 Å². The summed E-state index contributed by atoms with van der Waals surface area (Å²) < 4.78 is 15.9. The second kappa shape index (κ2) is 8.15. The molecule has 2 aromatic carbocycles. The average Bonchev–Trinajstić information content (AvgIpc) is 3.12. The zero-order valence-electron chi connectivity index (χ0n) is 14.0. The van der Waals surface area contributed by atoms with Crippen LogP contribution < -0.4 is 0 Å². The summed E-state index contributed by atoms with van der Waals surface area (Å²) in [6, 6.07) is 15.8. The van der Waals surface area contributed by atoms with Crippen LogP contribution >= 0.6 is 0 Å². The molecular formula is C19H17FN4O2. The lowest BCUT2D eigenvalue weighted by atomic mass is 10.1. The highest BCUT2D eigenvalue weighted by Crippen LogP contribution is 2.19. The molecule has 0 aliphatic heterocycles. The Hall–Kier alpha value is -3.35. The Balaban J connectivity index is 1.60. The molecule has 132 valence electrons. The maximum absolute atomic E-state index is 14.3. The lowest BCUT2D eigenvalue weighted by Crippen LogP contribution is -2.00. The number of halogens is 1. The molecule has 6 nitrogen and oxygen atoms in total. The Morgan fingerprint density at radius 3 is 2.58 bits per heavy atom. The average molecular weight is 352 g/mol. The zero-order valence-corrected chi connectivity index (χ0v) is 14.0. The Kier molecular flexibility index (Phi) is 5.48. The minimum atomic E-state index is -0.534. The van der Waals surface area contributed by atoms with E-state index in [-0.39, 0.29) is 11.4 Å². The highest BCUT2D eigenvalue weighted by Gasteiger charge is 2.08. The van der Waals surface area contributed by atoms with Gasteiger partial charge in [-0.25, -0.2) is 4.39 Å². The fourth-order valence-electron chi connectivity index (χ4n) is 2.52. The SMILES string of the molecule is O=[N+]([O-])c1ccc(/C=C(\F)c2cn(CCCc3ccccc3)nn2)cc1. The molecule has 0 unspecified atom stereocenters. The molecule has 0 radical (unpaired) electrons. The molecule has 0 saturated carbocycles. The first-order valence-corrected chi connectivity index (χ1v) is 8.18. The van der Waals surface area contributed by atoms with Crippen LogP contribution in [0, 0.1) is 10.1 Å². The summed E-state index contributed by atoms with van der Waals surface area (Å²) in [5.41, 5.74) is 1.87. The standard InChI is InChI=1S/C19H17FN4O2/c20-18(13-16-8-10-17(11-9-16)24(25)26)19-14-23(22-21-19)12-4-7-15-5-2-1-3-6-15/h1-3,5-6,8-11,13-14H,4,7,12H2/b18-13-. The van der Waals surface area contributed by atoms with Crippen LogP contribution in [0.25, 0.3) is 11.9 Å². The molecule has 1 heterocycles. The Bertz CT molecular complexity index is 905. The molecule has 0 atom stereocenters. The first kappa shape index (κ1) is 17.5. The van der Waals surface area contributed by atoms with Crippen LogP contribution in [-0.4, -0.2) is 19.9 Å². The van der Waals surface area contributed by atoms with E-state index in [4.69, 9.17) is 0 Å². The van der Waals surface area contributed by atoms with Gasteiger partial charge in [-0.3, -0.25) is 14.8 Å². The number of benzene rings is 2. The van der Waals surface area contributed by atoms with Gasteiger partial charge in [0, 0.05) is 18.7 Å². The molecule has 0 amide bonds. The number of nitrogens with zero attached hydrogens (tertiary/aromatic N) is 4. The number of non-ortho nitro benzene ring substituents is 1. The summed E-state index contributed by atoms with van der Waals surface area (Å²) >= 11 is 0. The van der Waals surface area contributed by atoms with Gasteiger partial charge in [0.15, 0.2) is 5.83 Å². The van der Waals surface area contributed by atoms with E-state index in [2.05, 4.69) is 22.4 Å². The summed E-state index contributed by atoms with van der Waals surface area (Å²) in [5.74, 6) is -0.534. The summed E-state index contributed by atoms with van der Waals surface area (Å²) in [6.07, 6.45) is 4.63. The molecule has 26 heavy (non-hydrogen) atoms. The van der Waals surface area contributed by atoms with Gasteiger partial charge in [-0.05, 0) is 42.2 Å². The molecule has 3 aromatic rings. The number of aryl methyl sites for hydroxylation is 2. The van der Waals surface area contributed by atoms with Crippen LogP contribution in [0.15, 0.2) is 60.8 Å². The van der Waals surface area contributed by atoms with Crippen LogP contribution in [0.2, 0.25) is 0 Å². The van der Waals surface area contributed by atoms with Gasteiger partial charge in [-0.1, -0.05) is 35.5 Å². The quantitative estimate of drug-likeness (QED) is 0.470. The van der Waals surface area contributed by atoms with Crippen molar-refractivity contribution >= 4 is 17.6 Å². The van der Waals surface area contributed by atoms with Crippen molar-refractivity contribution < 1.29 is 9.31 Å². The summed E-state index contributed by atoms with van der Waals surface area (Å²) in [4.78, 5) is 10.1. The van der Waals surface area contributed by atoms with E-state index in [0.29, 0.717) is 12.1 Å². The van der Waals surface area contributed by atoms with Crippen molar-refractivity contribution in [3.8, 4) is 0 Å². The summed E-state index contributed by atoms with van der Waals surface area (Å²) in [6.45, 7) is 0.646. The van der Waals surface area contributed by atoms with Crippen molar-refractivity contribution in [2.45, 2.75) is 19.4 Å². The van der Waals surface area contributed by atoms with Crippen molar-refractivity contribution in [1.82, 2.24) is 15.0 Å². The molecule has 3 rings (SSSR count). The molecule has 7 heteroatoms. The monoisotopic (exact) mass is 352 g/mol. The summed E-state index contributed by atoms with van der Waals surface area (Å²) in [7, 11) is 0. The van der Waals surface area contributed by atoms with Gasteiger partial charge in [0.05, 0.1) is 11.1 Å². The Labute approximate surface area is 149 Å². The molecule has 0 aliphatic rings.